The van der Waals surface area contributed by atoms with Crippen LogP contribution in [-0.2, 0) is 0 Å². The molecule has 0 saturated carbocycles. The Morgan fingerprint density at radius 1 is 0.769 bits per heavy atom. The fraction of sp³-hybridized carbons (Fsp3) is 0.375. The number of nitrogens with zero attached hydrogens (tertiary/aromatic N) is 2. The average molecular weight is 491 g/mol. The van der Waals surface area contributed by atoms with Crippen molar-refractivity contribution >= 4 is 94.1 Å². The van der Waals surface area contributed by atoms with Gasteiger partial charge in [-0.3, -0.25) is 0 Å². The Bertz CT molecular complexity index is 699. The summed E-state index contributed by atoms with van der Waals surface area (Å²) < 4.78 is 8.15. The monoisotopic (exact) mass is 490 g/mol. The molecule has 0 amide bonds. The molecule has 3 rings (SSSR count). The normalized spacial score (nSPS) is 19.5. The van der Waals surface area contributed by atoms with E-state index >= 15 is 0 Å². The minimum atomic E-state index is 0.568. The molecule has 0 fully saturated rings. The predicted octanol–water partition coefficient (Wildman–Crippen LogP) is 7.66. The third-order valence-corrected chi connectivity index (χ3v) is 14.0. The van der Waals surface area contributed by atoms with Gasteiger partial charge in [-0.15, -0.1) is 47.0 Å². The van der Waals surface area contributed by atoms with Crippen LogP contribution < -0.4 is 0 Å². The van der Waals surface area contributed by atoms with Crippen LogP contribution in [-0.4, -0.2) is 23.0 Å². The lowest BCUT2D eigenvalue weighted by Crippen LogP contribution is -1.88. The Balaban J connectivity index is 1.59. The van der Waals surface area contributed by atoms with E-state index in [4.69, 9.17) is 10.5 Å². The molecule has 26 heavy (non-hydrogen) atoms. The Labute approximate surface area is 188 Å². The van der Waals surface area contributed by atoms with Crippen molar-refractivity contribution in [2.24, 2.45) is 0 Å². The lowest BCUT2D eigenvalue weighted by Gasteiger charge is -2.08. The minimum Gasteiger partial charge on any atom is -0.198 e. The van der Waals surface area contributed by atoms with Crippen molar-refractivity contribution in [3.8, 4) is 12.1 Å². The molecular weight excluding hydrogens is 477 g/mol. The van der Waals surface area contributed by atoms with Gasteiger partial charge in [-0.2, -0.15) is 10.5 Å². The maximum Gasteiger partial charge on any atom is 0.0660 e. The van der Waals surface area contributed by atoms with Crippen LogP contribution in [0.15, 0.2) is 37.6 Å². The molecule has 0 aromatic carbocycles. The molecule has 0 atom stereocenters. The zero-order valence-corrected chi connectivity index (χ0v) is 20.1. The van der Waals surface area contributed by atoms with Crippen molar-refractivity contribution in [3.05, 3.63) is 37.6 Å². The second-order valence-electron chi connectivity index (χ2n) is 4.74. The molecule has 0 aliphatic carbocycles. The maximum absolute atomic E-state index is 8.76. The molecule has 3 heterocycles. The fourth-order valence-electron chi connectivity index (χ4n) is 1.85. The molecule has 0 spiro atoms. The van der Waals surface area contributed by atoms with Gasteiger partial charge in [-0.1, -0.05) is 47.0 Å². The SMILES string of the molecule is N#CCCSC1=C(SCCC#N)SC(=CC=C2SC3=C(SCCS3)S2)S1. The fourth-order valence-corrected chi connectivity index (χ4v) is 13.1. The number of hydrogen-bond acceptors (Lipinski definition) is 10. The smallest absolute Gasteiger partial charge is 0.0660 e. The van der Waals surface area contributed by atoms with Gasteiger partial charge < -0.3 is 0 Å². The van der Waals surface area contributed by atoms with Gasteiger partial charge in [-0.05, 0) is 12.2 Å². The van der Waals surface area contributed by atoms with Gasteiger partial charge in [0.25, 0.3) is 0 Å². The van der Waals surface area contributed by atoms with Crippen molar-refractivity contribution in [3.63, 3.8) is 0 Å². The van der Waals surface area contributed by atoms with Gasteiger partial charge >= 0.3 is 0 Å². The summed E-state index contributed by atoms with van der Waals surface area (Å²) in [5.41, 5.74) is 0. The van der Waals surface area contributed by atoms with Gasteiger partial charge in [0.05, 0.1) is 37.6 Å². The summed E-state index contributed by atoms with van der Waals surface area (Å²) in [6, 6.07) is 4.42. The van der Waals surface area contributed by atoms with Crippen LogP contribution in [0.2, 0.25) is 0 Å². The Morgan fingerprint density at radius 3 is 1.69 bits per heavy atom. The van der Waals surface area contributed by atoms with E-state index in [1.165, 1.54) is 36.9 Å². The van der Waals surface area contributed by atoms with Crippen molar-refractivity contribution in [1.29, 1.82) is 10.5 Å². The van der Waals surface area contributed by atoms with E-state index in [9.17, 15) is 0 Å². The molecule has 0 saturated heterocycles. The number of hydrogen-bond donors (Lipinski definition) is 0. The highest BCUT2D eigenvalue weighted by Gasteiger charge is 2.25. The minimum absolute atomic E-state index is 0.568. The number of thioether (sulfide) groups is 8. The number of allylic oxidation sites excluding steroid dienone is 2. The average Bonchev–Trinajstić information content (AvgIpc) is 3.24. The lowest BCUT2D eigenvalue weighted by atomic mass is 10.6. The van der Waals surface area contributed by atoms with Gasteiger partial charge in [0.15, 0.2) is 0 Å². The lowest BCUT2D eigenvalue weighted by molar-refractivity contribution is 1.24. The van der Waals surface area contributed by atoms with E-state index in [2.05, 4.69) is 24.3 Å². The molecule has 3 aliphatic heterocycles. The highest BCUT2D eigenvalue weighted by atomic mass is 32.3. The first-order valence-corrected chi connectivity index (χ1v) is 14.9. The van der Waals surface area contributed by atoms with Gasteiger partial charge in [-0.25, -0.2) is 0 Å². The Hall–Kier alpha value is 0.740. The molecule has 0 aromatic rings. The van der Waals surface area contributed by atoms with E-state index in [0.29, 0.717) is 12.8 Å². The summed E-state index contributed by atoms with van der Waals surface area (Å²) in [4.78, 5) is 0. The molecule has 10 heteroatoms. The van der Waals surface area contributed by atoms with Gasteiger partial charge in [0.1, 0.15) is 0 Å². The topological polar surface area (TPSA) is 47.6 Å². The van der Waals surface area contributed by atoms with Crippen molar-refractivity contribution in [2.75, 3.05) is 23.0 Å². The molecule has 0 aromatic heterocycles. The van der Waals surface area contributed by atoms with Crippen molar-refractivity contribution in [1.82, 2.24) is 0 Å². The van der Waals surface area contributed by atoms with Crippen LogP contribution in [0, 0.1) is 22.7 Å². The first-order chi connectivity index (χ1) is 12.8. The molecule has 2 nitrogen and oxygen atoms in total. The van der Waals surface area contributed by atoms with E-state index in [1.807, 2.05) is 47.0 Å². The second-order valence-corrected chi connectivity index (χ2v) is 14.9. The van der Waals surface area contributed by atoms with E-state index in [0.717, 1.165) is 11.5 Å². The first-order valence-electron chi connectivity index (χ1n) is 7.67. The summed E-state index contributed by atoms with van der Waals surface area (Å²) in [7, 11) is 0. The molecular formula is C16H14N2S8. The van der Waals surface area contributed by atoms with Crippen LogP contribution in [0.5, 0.6) is 0 Å². The van der Waals surface area contributed by atoms with Gasteiger partial charge in [0, 0.05) is 35.9 Å². The third-order valence-electron chi connectivity index (χ3n) is 2.91. The van der Waals surface area contributed by atoms with Crippen LogP contribution in [0.4, 0.5) is 0 Å². The van der Waals surface area contributed by atoms with E-state index < -0.39 is 0 Å². The van der Waals surface area contributed by atoms with Crippen LogP contribution in [0.3, 0.4) is 0 Å². The maximum atomic E-state index is 8.76. The Kier molecular flexibility index (Phi) is 9.63. The predicted molar refractivity (Wildman–Crippen MR) is 131 cm³/mol. The Morgan fingerprint density at radius 2 is 1.23 bits per heavy atom. The van der Waals surface area contributed by atoms with E-state index in [-0.39, 0.29) is 0 Å². The summed E-state index contributed by atoms with van der Waals surface area (Å²) in [6.07, 6.45) is 5.60. The highest BCUT2D eigenvalue weighted by Crippen LogP contribution is 2.60. The zero-order valence-electron chi connectivity index (χ0n) is 13.6. The van der Waals surface area contributed by atoms with Crippen LogP contribution in [0.25, 0.3) is 0 Å². The molecule has 0 bridgehead atoms. The third kappa shape index (κ3) is 6.38. The molecule has 3 aliphatic rings. The molecule has 136 valence electrons. The van der Waals surface area contributed by atoms with Crippen LogP contribution >= 0.6 is 94.1 Å². The highest BCUT2D eigenvalue weighted by molar-refractivity contribution is 8.42. The molecule has 0 N–H and O–H groups in total. The summed E-state index contributed by atoms with van der Waals surface area (Å²) in [5, 5.41) is 17.5. The summed E-state index contributed by atoms with van der Waals surface area (Å²) in [5.74, 6) is 4.08. The second kappa shape index (κ2) is 11.7. The summed E-state index contributed by atoms with van der Waals surface area (Å²) >= 11 is 14.9. The number of rotatable bonds is 7. The van der Waals surface area contributed by atoms with Crippen molar-refractivity contribution < 1.29 is 0 Å². The first kappa shape index (κ1) is 21.4. The van der Waals surface area contributed by atoms with Crippen molar-refractivity contribution in [2.45, 2.75) is 12.8 Å². The van der Waals surface area contributed by atoms with Crippen LogP contribution in [0.1, 0.15) is 12.8 Å². The largest absolute Gasteiger partial charge is 0.198 e. The quantitative estimate of drug-likeness (QED) is 0.332. The number of nitriles is 2. The summed E-state index contributed by atoms with van der Waals surface area (Å²) in [6.45, 7) is 0. The molecule has 0 radical (unpaired) electrons. The zero-order chi connectivity index (χ0) is 18.2. The molecule has 0 unspecified atom stereocenters. The van der Waals surface area contributed by atoms with Gasteiger partial charge in [0.2, 0.25) is 0 Å². The standard InChI is InChI=1S/C16H14N2S8/c17-5-1-7-19-13-14(20-8-2-6-18)24-11(23-13)3-4-12-25-15-16(26-12)22-10-9-21-15/h3-4H,1-2,7-10H2. The van der Waals surface area contributed by atoms with E-state index in [1.54, 1.807) is 47.0 Å².